The summed E-state index contributed by atoms with van der Waals surface area (Å²) >= 11 is 0. The number of amides is 1. The number of benzene rings is 2. The van der Waals surface area contributed by atoms with Gasteiger partial charge in [0, 0.05) is 24.5 Å². The fourth-order valence-corrected chi connectivity index (χ4v) is 3.22. The molecular weight excluding hydrogens is 326 g/mol. The summed E-state index contributed by atoms with van der Waals surface area (Å²) in [6.07, 6.45) is 2.09. The number of nitrogens with zero attached hydrogens (tertiary/aromatic N) is 1. The molecule has 2 aromatic carbocycles. The Hall–Kier alpha value is -2.82. The van der Waals surface area contributed by atoms with Crippen molar-refractivity contribution in [2.75, 3.05) is 17.3 Å². The second-order valence-corrected chi connectivity index (χ2v) is 6.53. The fraction of sp³-hybridized carbons (Fsp3) is 0.333. The summed E-state index contributed by atoms with van der Waals surface area (Å²) in [6, 6.07) is 17.3. The van der Waals surface area contributed by atoms with Crippen LogP contribution in [0.4, 0.5) is 11.4 Å². The van der Waals surface area contributed by atoms with Gasteiger partial charge in [-0.1, -0.05) is 30.3 Å². The highest BCUT2D eigenvalue weighted by Crippen LogP contribution is 2.37. The topological polar surface area (TPSA) is 75.4 Å². The molecule has 0 aliphatic carbocycles. The molecule has 0 bridgehead atoms. The first-order valence-electron chi connectivity index (χ1n) is 8.81. The van der Waals surface area contributed by atoms with Gasteiger partial charge in [-0.25, -0.2) is 0 Å². The van der Waals surface area contributed by atoms with Gasteiger partial charge in [0.05, 0.1) is 12.5 Å². The number of nitrogens with one attached hydrogen (secondary N) is 1. The van der Waals surface area contributed by atoms with E-state index in [2.05, 4.69) is 48.5 Å². The number of anilines is 2. The van der Waals surface area contributed by atoms with Crippen LogP contribution in [-0.2, 0) is 16.0 Å². The van der Waals surface area contributed by atoms with Crippen LogP contribution in [0.3, 0.4) is 0 Å². The van der Waals surface area contributed by atoms with Crippen molar-refractivity contribution in [1.82, 2.24) is 0 Å². The van der Waals surface area contributed by atoms with E-state index in [1.54, 1.807) is 0 Å². The van der Waals surface area contributed by atoms with E-state index >= 15 is 0 Å². The van der Waals surface area contributed by atoms with E-state index in [9.17, 15) is 4.79 Å². The van der Waals surface area contributed by atoms with Crippen LogP contribution in [0.5, 0.6) is 0 Å². The van der Waals surface area contributed by atoms with Crippen LogP contribution in [0.25, 0.3) is 0 Å². The lowest BCUT2D eigenvalue weighted by atomic mass is 9.92. The minimum Gasteiger partial charge on any atom is -0.378 e. The molecule has 2 aromatic rings. The van der Waals surface area contributed by atoms with E-state index < -0.39 is 0 Å². The monoisotopic (exact) mass is 353 g/mol. The van der Waals surface area contributed by atoms with Gasteiger partial charge < -0.3 is 20.7 Å². The molecule has 0 fully saturated rings. The molecule has 26 heavy (non-hydrogen) atoms. The van der Waals surface area contributed by atoms with Gasteiger partial charge >= 0.3 is 0 Å². The predicted molar refractivity (Wildman–Crippen MR) is 106 cm³/mol. The molecule has 1 aliphatic heterocycles. The van der Waals surface area contributed by atoms with Crippen molar-refractivity contribution in [3.8, 4) is 0 Å². The molecule has 3 rings (SSSR count). The average Bonchev–Trinajstić information content (AvgIpc) is 2.61. The molecule has 5 heteroatoms. The second kappa shape index (κ2) is 9.04. The number of carbonyl (C=O) groups excluding carboxylic acids is 2. The normalized spacial score (nSPS) is 18.2. The van der Waals surface area contributed by atoms with Crippen molar-refractivity contribution >= 4 is 23.6 Å². The van der Waals surface area contributed by atoms with Crippen LogP contribution in [-0.4, -0.2) is 25.3 Å². The number of para-hydroxylation sites is 1. The van der Waals surface area contributed by atoms with Gasteiger partial charge in [0.25, 0.3) is 0 Å². The van der Waals surface area contributed by atoms with Crippen LogP contribution in [0.15, 0.2) is 48.5 Å². The van der Waals surface area contributed by atoms with Crippen LogP contribution in [0.2, 0.25) is 0 Å². The van der Waals surface area contributed by atoms with Gasteiger partial charge in [0.1, 0.15) is 6.29 Å². The third-order valence-corrected chi connectivity index (χ3v) is 4.60. The highest BCUT2D eigenvalue weighted by atomic mass is 16.1. The molecule has 1 amide bonds. The number of carbonyl (C=O) groups is 2. The zero-order valence-corrected chi connectivity index (χ0v) is 15.6. The van der Waals surface area contributed by atoms with Crippen molar-refractivity contribution < 1.29 is 9.59 Å². The van der Waals surface area contributed by atoms with E-state index in [0.717, 1.165) is 24.0 Å². The Morgan fingerprint density at radius 2 is 1.85 bits per heavy atom. The number of hydrogen-bond acceptors (Lipinski definition) is 4. The summed E-state index contributed by atoms with van der Waals surface area (Å²) in [5, 5.41) is 3.63. The Kier molecular flexibility index (Phi) is 6.78. The van der Waals surface area contributed by atoms with Crippen LogP contribution in [0.1, 0.15) is 37.4 Å². The quantitative estimate of drug-likeness (QED) is 0.827. The van der Waals surface area contributed by atoms with Gasteiger partial charge in [0.15, 0.2) is 0 Å². The van der Waals surface area contributed by atoms with Crippen molar-refractivity contribution in [2.45, 2.75) is 38.8 Å². The number of rotatable bonds is 4. The smallest absolute Gasteiger partial charge is 0.221 e. The molecule has 2 unspecified atom stereocenters. The summed E-state index contributed by atoms with van der Waals surface area (Å²) in [7, 11) is 2.15. The SMILES string of the molecule is CC1CC(Nc2ccc(CC(N)=O)cc2)c2ccccc2N1C.CC=O. The molecule has 138 valence electrons. The molecule has 1 aliphatic rings. The van der Waals surface area contributed by atoms with Crippen molar-refractivity contribution in [1.29, 1.82) is 0 Å². The Balaban J connectivity index is 0.000000758. The third-order valence-electron chi connectivity index (χ3n) is 4.60. The molecule has 3 N–H and O–H groups in total. The molecule has 5 nitrogen and oxygen atoms in total. The van der Waals surface area contributed by atoms with Crippen LogP contribution in [0, 0.1) is 0 Å². The van der Waals surface area contributed by atoms with Crippen molar-refractivity contribution in [3.63, 3.8) is 0 Å². The number of fused-ring (bicyclic) bond motifs is 1. The first-order valence-corrected chi connectivity index (χ1v) is 8.81. The molecule has 1 heterocycles. The number of aldehydes is 1. The molecule has 0 aromatic heterocycles. The fourth-order valence-electron chi connectivity index (χ4n) is 3.22. The molecule has 2 atom stereocenters. The molecule has 0 saturated carbocycles. The van der Waals surface area contributed by atoms with Crippen molar-refractivity contribution in [2.24, 2.45) is 5.73 Å². The maximum atomic E-state index is 11.0. The third kappa shape index (κ3) is 4.85. The predicted octanol–water partition coefficient (Wildman–Crippen LogP) is 3.30. The Morgan fingerprint density at radius 1 is 1.23 bits per heavy atom. The van der Waals surface area contributed by atoms with Gasteiger partial charge in [-0.15, -0.1) is 0 Å². The first kappa shape index (κ1) is 19.5. The summed E-state index contributed by atoms with van der Waals surface area (Å²) in [6.45, 7) is 3.70. The second-order valence-electron chi connectivity index (χ2n) is 6.53. The Bertz CT molecular complexity index is 743. The lowest BCUT2D eigenvalue weighted by molar-refractivity contribution is -0.117. The standard InChI is InChI=1S/C19H23N3O.C2H4O/c1-13-11-17(16-5-3-4-6-18(16)22(13)2)21-15-9-7-14(8-10-15)12-19(20)23;1-2-3/h3-10,13,17,21H,11-12H2,1-2H3,(H2,20,23);2H,1H3. The Morgan fingerprint density at radius 3 is 2.46 bits per heavy atom. The minimum atomic E-state index is -0.302. The zero-order chi connectivity index (χ0) is 19.1. The maximum Gasteiger partial charge on any atom is 0.221 e. The summed E-state index contributed by atoms with van der Waals surface area (Å²) in [5.74, 6) is -0.302. The average molecular weight is 353 g/mol. The molecular formula is C21H27N3O2. The molecule has 0 saturated heterocycles. The number of primary amides is 1. The highest BCUT2D eigenvalue weighted by Gasteiger charge is 2.27. The van der Waals surface area contributed by atoms with E-state index in [4.69, 9.17) is 10.5 Å². The van der Waals surface area contributed by atoms with E-state index in [0.29, 0.717) is 12.1 Å². The number of hydrogen-bond donors (Lipinski definition) is 2. The van der Waals surface area contributed by atoms with Crippen LogP contribution >= 0.6 is 0 Å². The first-order chi connectivity index (χ1) is 12.5. The summed E-state index contributed by atoms with van der Waals surface area (Å²) < 4.78 is 0. The molecule has 0 spiro atoms. The van der Waals surface area contributed by atoms with Gasteiger partial charge in [-0.3, -0.25) is 4.79 Å². The number of nitrogens with two attached hydrogens (primary N) is 1. The van der Waals surface area contributed by atoms with Crippen molar-refractivity contribution in [3.05, 3.63) is 59.7 Å². The molecule has 0 radical (unpaired) electrons. The summed E-state index contributed by atoms with van der Waals surface area (Å²) in [4.78, 5) is 22.1. The zero-order valence-electron chi connectivity index (χ0n) is 15.6. The van der Waals surface area contributed by atoms with E-state index in [1.807, 2.05) is 24.3 Å². The van der Waals surface area contributed by atoms with E-state index in [1.165, 1.54) is 18.2 Å². The van der Waals surface area contributed by atoms with Gasteiger partial charge in [-0.05, 0) is 49.6 Å². The lowest BCUT2D eigenvalue weighted by Gasteiger charge is -2.39. The minimum absolute atomic E-state index is 0.286. The maximum absolute atomic E-state index is 11.0. The Labute approximate surface area is 155 Å². The van der Waals surface area contributed by atoms with Gasteiger partial charge in [0.2, 0.25) is 5.91 Å². The summed E-state index contributed by atoms with van der Waals surface area (Å²) in [5.41, 5.74) is 9.86. The van der Waals surface area contributed by atoms with E-state index in [-0.39, 0.29) is 12.3 Å². The lowest BCUT2D eigenvalue weighted by Crippen LogP contribution is -2.37. The largest absolute Gasteiger partial charge is 0.378 e. The van der Waals surface area contributed by atoms with Gasteiger partial charge in [-0.2, -0.15) is 0 Å². The highest BCUT2D eigenvalue weighted by molar-refractivity contribution is 5.76. The van der Waals surface area contributed by atoms with Crippen LogP contribution < -0.4 is 16.0 Å².